The average molecular weight is 347 g/mol. The van der Waals surface area contributed by atoms with Crippen molar-refractivity contribution in [3.05, 3.63) is 35.9 Å². The fraction of sp³-hybridized carbons (Fsp3) is 0.357. The Balaban J connectivity index is 0.00000121. The zero-order chi connectivity index (χ0) is 13.9. The summed E-state index contributed by atoms with van der Waals surface area (Å²) in [4.78, 5) is 22.6. The molecule has 0 saturated carbocycles. The molecule has 1 aromatic carbocycles. The molecule has 0 unspecified atom stereocenters. The summed E-state index contributed by atoms with van der Waals surface area (Å²) < 4.78 is 13.7. The number of carbonyl (C=O) groups is 1. The highest BCUT2D eigenvalue weighted by atomic mass is 35.5. The van der Waals surface area contributed by atoms with E-state index in [1.165, 1.54) is 24.5 Å². The van der Waals surface area contributed by atoms with Gasteiger partial charge in [-0.25, -0.2) is 4.39 Å². The molecule has 0 aliphatic carbocycles. The third-order valence-electron chi connectivity index (χ3n) is 3.40. The molecular weight excluding hydrogens is 330 g/mol. The highest BCUT2D eigenvalue weighted by Gasteiger charge is 2.21. The Labute approximate surface area is 140 Å². The van der Waals surface area contributed by atoms with Crippen molar-refractivity contribution in [2.45, 2.75) is 6.42 Å². The van der Waals surface area contributed by atoms with Crippen LogP contribution in [0.3, 0.4) is 0 Å². The molecule has 0 atom stereocenters. The molecule has 120 valence electrons. The third kappa shape index (κ3) is 3.82. The molecule has 22 heavy (non-hydrogen) atoms. The Morgan fingerprint density at radius 3 is 2.73 bits per heavy atom. The molecule has 8 heteroatoms. The summed E-state index contributed by atoms with van der Waals surface area (Å²) in [5.41, 5.74) is 1.15. The lowest BCUT2D eigenvalue weighted by molar-refractivity contribution is 0.0767. The van der Waals surface area contributed by atoms with Gasteiger partial charge in [-0.2, -0.15) is 0 Å². The Morgan fingerprint density at radius 1 is 1.14 bits per heavy atom. The van der Waals surface area contributed by atoms with Crippen LogP contribution in [0.4, 0.5) is 4.39 Å². The van der Waals surface area contributed by atoms with Gasteiger partial charge >= 0.3 is 0 Å². The second-order valence-electron chi connectivity index (χ2n) is 4.77. The number of halogens is 3. The van der Waals surface area contributed by atoms with Gasteiger partial charge in [-0.05, 0) is 19.0 Å². The van der Waals surface area contributed by atoms with Gasteiger partial charge in [0.2, 0.25) is 0 Å². The second-order valence-corrected chi connectivity index (χ2v) is 4.77. The van der Waals surface area contributed by atoms with Crippen LogP contribution in [-0.4, -0.2) is 47.0 Å². The SMILES string of the molecule is Cl.Cl.O=C(c1cc(F)cc2nccnc12)N1CCCNCC1. The maximum Gasteiger partial charge on any atom is 0.256 e. The molecular formula is C14H17Cl2FN4O. The molecule has 1 aliphatic heterocycles. The summed E-state index contributed by atoms with van der Waals surface area (Å²) in [6.45, 7) is 2.94. The van der Waals surface area contributed by atoms with Crippen molar-refractivity contribution in [3.63, 3.8) is 0 Å². The van der Waals surface area contributed by atoms with E-state index in [4.69, 9.17) is 0 Å². The smallest absolute Gasteiger partial charge is 0.256 e. The van der Waals surface area contributed by atoms with Crippen LogP contribution in [-0.2, 0) is 0 Å². The lowest BCUT2D eigenvalue weighted by Crippen LogP contribution is -2.34. The molecule has 1 saturated heterocycles. The Hall–Kier alpha value is -1.50. The summed E-state index contributed by atoms with van der Waals surface area (Å²) >= 11 is 0. The van der Waals surface area contributed by atoms with Crippen LogP contribution in [0.2, 0.25) is 0 Å². The van der Waals surface area contributed by atoms with Gasteiger partial charge in [0.05, 0.1) is 11.1 Å². The lowest BCUT2D eigenvalue weighted by atomic mass is 10.1. The van der Waals surface area contributed by atoms with Crippen molar-refractivity contribution < 1.29 is 9.18 Å². The van der Waals surface area contributed by atoms with Gasteiger partial charge in [0, 0.05) is 38.1 Å². The minimum atomic E-state index is -0.464. The predicted molar refractivity (Wildman–Crippen MR) is 87.4 cm³/mol. The number of aromatic nitrogens is 2. The molecule has 1 aromatic heterocycles. The number of nitrogens with zero attached hydrogens (tertiary/aromatic N) is 3. The van der Waals surface area contributed by atoms with Gasteiger partial charge in [0.1, 0.15) is 11.3 Å². The number of nitrogens with one attached hydrogen (secondary N) is 1. The third-order valence-corrected chi connectivity index (χ3v) is 3.40. The summed E-state index contributed by atoms with van der Waals surface area (Å²) in [5.74, 6) is -0.645. The monoisotopic (exact) mass is 346 g/mol. The molecule has 3 rings (SSSR count). The molecule has 5 nitrogen and oxygen atoms in total. The van der Waals surface area contributed by atoms with Crippen molar-refractivity contribution in [2.24, 2.45) is 0 Å². The van der Waals surface area contributed by atoms with E-state index in [1.807, 2.05) is 0 Å². The van der Waals surface area contributed by atoms with E-state index < -0.39 is 5.82 Å². The van der Waals surface area contributed by atoms with E-state index in [1.54, 1.807) is 4.90 Å². The fourth-order valence-electron chi connectivity index (χ4n) is 2.42. The van der Waals surface area contributed by atoms with E-state index in [0.29, 0.717) is 24.1 Å². The van der Waals surface area contributed by atoms with Crippen molar-refractivity contribution in [2.75, 3.05) is 26.2 Å². The minimum Gasteiger partial charge on any atom is -0.337 e. The number of amides is 1. The normalized spacial score (nSPS) is 14.7. The number of rotatable bonds is 1. The van der Waals surface area contributed by atoms with Gasteiger partial charge in [0.25, 0.3) is 5.91 Å². The first-order chi connectivity index (χ1) is 9.75. The summed E-state index contributed by atoms with van der Waals surface area (Å²) in [6.07, 6.45) is 3.90. The van der Waals surface area contributed by atoms with Crippen LogP contribution in [0.15, 0.2) is 24.5 Å². The maximum absolute atomic E-state index is 13.7. The quantitative estimate of drug-likeness (QED) is 0.858. The molecule has 1 N–H and O–H groups in total. The van der Waals surface area contributed by atoms with Crippen LogP contribution in [0.5, 0.6) is 0 Å². The summed E-state index contributed by atoms with van der Waals surface area (Å²) in [6, 6.07) is 2.54. The van der Waals surface area contributed by atoms with Gasteiger partial charge < -0.3 is 10.2 Å². The summed E-state index contributed by atoms with van der Waals surface area (Å²) in [5, 5.41) is 3.24. The van der Waals surface area contributed by atoms with Crippen LogP contribution in [0, 0.1) is 5.82 Å². The molecule has 2 aromatic rings. The topological polar surface area (TPSA) is 58.1 Å². The van der Waals surface area contributed by atoms with Crippen molar-refractivity contribution in [1.29, 1.82) is 0 Å². The molecule has 1 aliphatic rings. The second kappa shape index (κ2) is 8.22. The number of fused-ring (bicyclic) bond motifs is 1. The predicted octanol–water partition coefficient (Wildman–Crippen LogP) is 2.05. The Kier molecular flexibility index (Phi) is 6.93. The van der Waals surface area contributed by atoms with E-state index in [-0.39, 0.29) is 36.3 Å². The summed E-state index contributed by atoms with van der Waals surface area (Å²) in [7, 11) is 0. The van der Waals surface area contributed by atoms with Gasteiger partial charge in [-0.15, -0.1) is 24.8 Å². The van der Waals surface area contributed by atoms with Crippen LogP contribution >= 0.6 is 24.8 Å². The van der Waals surface area contributed by atoms with Crippen LogP contribution < -0.4 is 5.32 Å². The first kappa shape index (κ1) is 18.5. The van der Waals surface area contributed by atoms with E-state index in [2.05, 4.69) is 15.3 Å². The first-order valence-electron chi connectivity index (χ1n) is 6.66. The van der Waals surface area contributed by atoms with Gasteiger partial charge in [-0.1, -0.05) is 0 Å². The fourth-order valence-corrected chi connectivity index (χ4v) is 2.42. The lowest BCUT2D eigenvalue weighted by Gasteiger charge is -2.20. The molecule has 0 radical (unpaired) electrons. The number of carbonyl (C=O) groups excluding carboxylic acids is 1. The number of hydrogen-bond donors (Lipinski definition) is 1. The van der Waals surface area contributed by atoms with Crippen LogP contribution in [0.1, 0.15) is 16.8 Å². The molecule has 1 amide bonds. The van der Waals surface area contributed by atoms with Gasteiger partial charge in [-0.3, -0.25) is 14.8 Å². The van der Waals surface area contributed by atoms with E-state index >= 15 is 0 Å². The Morgan fingerprint density at radius 2 is 1.91 bits per heavy atom. The maximum atomic E-state index is 13.7. The van der Waals surface area contributed by atoms with Gasteiger partial charge in [0.15, 0.2) is 0 Å². The van der Waals surface area contributed by atoms with Crippen molar-refractivity contribution >= 4 is 41.8 Å². The highest BCUT2D eigenvalue weighted by molar-refractivity contribution is 6.04. The largest absolute Gasteiger partial charge is 0.337 e. The van der Waals surface area contributed by atoms with E-state index in [0.717, 1.165) is 19.5 Å². The number of hydrogen-bond acceptors (Lipinski definition) is 4. The molecule has 1 fully saturated rings. The first-order valence-corrected chi connectivity index (χ1v) is 6.66. The molecule has 0 spiro atoms. The molecule has 2 heterocycles. The standard InChI is InChI=1S/C14H15FN4O.2ClH/c15-10-8-11(13-12(9-10)17-3-4-18-13)14(20)19-6-1-2-16-5-7-19;;/h3-4,8-9,16H,1-2,5-7H2;2*1H. The zero-order valence-corrected chi connectivity index (χ0v) is 13.4. The van der Waals surface area contributed by atoms with Crippen LogP contribution in [0.25, 0.3) is 11.0 Å². The Bertz CT molecular complexity index is 648. The highest BCUT2D eigenvalue weighted by Crippen LogP contribution is 2.18. The molecule has 0 bridgehead atoms. The van der Waals surface area contributed by atoms with Crippen molar-refractivity contribution in [1.82, 2.24) is 20.2 Å². The average Bonchev–Trinajstić information content (AvgIpc) is 2.74. The van der Waals surface area contributed by atoms with E-state index in [9.17, 15) is 9.18 Å². The minimum absolute atomic E-state index is 0. The number of benzene rings is 1. The zero-order valence-electron chi connectivity index (χ0n) is 11.8. The van der Waals surface area contributed by atoms with Crippen molar-refractivity contribution in [3.8, 4) is 0 Å².